The SMILES string of the molecule is CCOc1ccccc1/C=C1\Oc2cc(OCc3ccc(Cl)cc3Cl)cc(C)c2C1=O. The molecule has 0 amide bonds. The molecule has 31 heavy (non-hydrogen) atoms. The molecule has 1 aliphatic heterocycles. The molecule has 0 spiro atoms. The van der Waals surface area contributed by atoms with E-state index in [9.17, 15) is 4.79 Å². The van der Waals surface area contributed by atoms with E-state index in [0.717, 1.165) is 16.7 Å². The fraction of sp³-hybridized carbons (Fsp3) is 0.160. The van der Waals surface area contributed by atoms with Crippen LogP contribution in [0.15, 0.2) is 60.4 Å². The van der Waals surface area contributed by atoms with Gasteiger partial charge in [0.25, 0.3) is 0 Å². The lowest BCUT2D eigenvalue weighted by Crippen LogP contribution is -2.01. The minimum Gasteiger partial charge on any atom is -0.493 e. The third-order valence-corrected chi connectivity index (χ3v) is 5.45. The maximum Gasteiger partial charge on any atom is 0.232 e. The normalized spacial score (nSPS) is 13.8. The van der Waals surface area contributed by atoms with E-state index >= 15 is 0 Å². The molecular formula is C25H20Cl2O4. The molecule has 158 valence electrons. The van der Waals surface area contributed by atoms with Crippen LogP contribution in [0, 0.1) is 6.92 Å². The highest BCUT2D eigenvalue weighted by Crippen LogP contribution is 2.38. The Labute approximate surface area is 191 Å². The smallest absolute Gasteiger partial charge is 0.232 e. The van der Waals surface area contributed by atoms with Gasteiger partial charge in [0, 0.05) is 27.2 Å². The predicted molar refractivity (Wildman–Crippen MR) is 123 cm³/mol. The summed E-state index contributed by atoms with van der Waals surface area (Å²) in [4.78, 5) is 13.0. The van der Waals surface area contributed by atoms with E-state index < -0.39 is 0 Å². The predicted octanol–water partition coefficient (Wildman–Crippen LogP) is 6.90. The van der Waals surface area contributed by atoms with Crippen LogP contribution in [-0.4, -0.2) is 12.4 Å². The summed E-state index contributed by atoms with van der Waals surface area (Å²) in [6.45, 7) is 4.58. The van der Waals surface area contributed by atoms with E-state index in [1.54, 1.807) is 24.3 Å². The van der Waals surface area contributed by atoms with Gasteiger partial charge in [-0.3, -0.25) is 4.79 Å². The van der Waals surface area contributed by atoms with Gasteiger partial charge in [0.05, 0.1) is 12.2 Å². The Kier molecular flexibility index (Phi) is 6.21. The molecule has 3 aromatic rings. The average molecular weight is 455 g/mol. The molecule has 0 fully saturated rings. The van der Waals surface area contributed by atoms with E-state index in [1.165, 1.54) is 0 Å². The summed E-state index contributed by atoms with van der Waals surface area (Å²) in [7, 11) is 0. The number of hydrogen-bond donors (Lipinski definition) is 0. The van der Waals surface area contributed by atoms with Gasteiger partial charge in [-0.25, -0.2) is 0 Å². The number of para-hydroxylation sites is 1. The molecule has 4 nitrogen and oxygen atoms in total. The molecule has 0 saturated heterocycles. The van der Waals surface area contributed by atoms with Crippen LogP contribution in [0.3, 0.4) is 0 Å². The van der Waals surface area contributed by atoms with Crippen molar-refractivity contribution in [2.24, 2.45) is 0 Å². The molecule has 4 rings (SSSR count). The monoisotopic (exact) mass is 454 g/mol. The number of ketones is 1. The number of carbonyl (C=O) groups excluding carboxylic acids is 1. The number of aryl methyl sites for hydroxylation is 1. The zero-order valence-electron chi connectivity index (χ0n) is 17.1. The second kappa shape index (κ2) is 9.04. The summed E-state index contributed by atoms with van der Waals surface area (Å²) >= 11 is 12.2. The molecule has 0 radical (unpaired) electrons. The number of ether oxygens (including phenoxy) is 3. The first-order chi connectivity index (χ1) is 15.0. The summed E-state index contributed by atoms with van der Waals surface area (Å²) in [6.07, 6.45) is 1.71. The maximum absolute atomic E-state index is 13.0. The van der Waals surface area contributed by atoms with Crippen molar-refractivity contribution >= 4 is 35.1 Å². The molecule has 0 aliphatic carbocycles. The summed E-state index contributed by atoms with van der Waals surface area (Å²) < 4.78 is 17.4. The Morgan fingerprint density at radius 3 is 2.61 bits per heavy atom. The highest BCUT2D eigenvalue weighted by atomic mass is 35.5. The number of benzene rings is 3. The lowest BCUT2D eigenvalue weighted by atomic mass is 10.0. The summed E-state index contributed by atoms with van der Waals surface area (Å²) in [5.41, 5.74) is 2.92. The first-order valence-corrected chi connectivity index (χ1v) is 10.6. The van der Waals surface area contributed by atoms with Crippen molar-refractivity contribution < 1.29 is 19.0 Å². The van der Waals surface area contributed by atoms with E-state index in [0.29, 0.717) is 39.5 Å². The number of carbonyl (C=O) groups is 1. The van der Waals surface area contributed by atoms with Gasteiger partial charge in [0.2, 0.25) is 5.78 Å². The topological polar surface area (TPSA) is 44.8 Å². The maximum atomic E-state index is 13.0. The Morgan fingerprint density at radius 1 is 1.03 bits per heavy atom. The van der Waals surface area contributed by atoms with Gasteiger partial charge in [-0.15, -0.1) is 0 Å². The minimum atomic E-state index is -0.161. The quantitative estimate of drug-likeness (QED) is 0.380. The molecule has 0 aromatic heterocycles. The first-order valence-electron chi connectivity index (χ1n) is 9.83. The van der Waals surface area contributed by atoms with Crippen LogP contribution in [0.1, 0.15) is 34.0 Å². The molecule has 3 aromatic carbocycles. The number of fused-ring (bicyclic) bond motifs is 1. The van der Waals surface area contributed by atoms with Crippen molar-refractivity contribution in [2.75, 3.05) is 6.61 Å². The zero-order chi connectivity index (χ0) is 22.0. The number of allylic oxidation sites excluding steroid dienone is 1. The summed E-state index contributed by atoms with van der Waals surface area (Å²) in [6, 6.07) is 16.3. The molecular weight excluding hydrogens is 435 g/mol. The molecule has 0 unspecified atom stereocenters. The third-order valence-electron chi connectivity index (χ3n) is 4.86. The van der Waals surface area contributed by atoms with E-state index in [4.69, 9.17) is 37.4 Å². The lowest BCUT2D eigenvalue weighted by Gasteiger charge is -2.10. The van der Waals surface area contributed by atoms with Gasteiger partial charge in [-0.2, -0.15) is 0 Å². The molecule has 1 heterocycles. The second-order valence-electron chi connectivity index (χ2n) is 7.05. The highest BCUT2D eigenvalue weighted by Gasteiger charge is 2.30. The van der Waals surface area contributed by atoms with Crippen LogP contribution in [0.25, 0.3) is 6.08 Å². The fourth-order valence-corrected chi connectivity index (χ4v) is 3.85. The van der Waals surface area contributed by atoms with E-state index in [2.05, 4.69) is 0 Å². The highest BCUT2D eigenvalue weighted by molar-refractivity contribution is 6.35. The van der Waals surface area contributed by atoms with Crippen molar-refractivity contribution in [3.63, 3.8) is 0 Å². The largest absolute Gasteiger partial charge is 0.493 e. The molecule has 0 atom stereocenters. The second-order valence-corrected chi connectivity index (χ2v) is 7.89. The minimum absolute atomic E-state index is 0.161. The van der Waals surface area contributed by atoms with Crippen LogP contribution in [-0.2, 0) is 6.61 Å². The molecule has 0 N–H and O–H groups in total. The van der Waals surface area contributed by atoms with Crippen molar-refractivity contribution in [1.82, 2.24) is 0 Å². The first kappa shape index (κ1) is 21.3. The Hall–Kier alpha value is -2.95. The van der Waals surface area contributed by atoms with Crippen LogP contribution >= 0.6 is 23.2 Å². The van der Waals surface area contributed by atoms with Gasteiger partial charge in [0.1, 0.15) is 23.9 Å². The molecule has 0 bridgehead atoms. The van der Waals surface area contributed by atoms with Crippen molar-refractivity contribution in [1.29, 1.82) is 0 Å². The van der Waals surface area contributed by atoms with Gasteiger partial charge >= 0.3 is 0 Å². The van der Waals surface area contributed by atoms with Gasteiger partial charge in [-0.1, -0.05) is 47.5 Å². The van der Waals surface area contributed by atoms with Gasteiger partial charge < -0.3 is 14.2 Å². The van der Waals surface area contributed by atoms with Gasteiger partial charge in [0.15, 0.2) is 5.76 Å². The lowest BCUT2D eigenvalue weighted by molar-refractivity contribution is 0.101. The Morgan fingerprint density at radius 2 is 1.84 bits per heavy atom. The van der Waals surface area contributed by atoms with E-state index in [-0.39, 0.29) is 18.1 Å². The van der Waals surface area contributed by atoms with Crippen LogP contribution in [0.5, 0.6) is 17.2 Å². The fourth-order valence-electron chi connectivity index (χ4n) is 3.39. The zero-order valence-corrected chi connectivity index (χ0v) is 18.6. The van der Waals surface area contributed by atoms with Crippen molar-refractivity contribution in [2.45, 2.75) is 20.5 Å². The Balaban J connectivity index is 1.58. The number of halogens is 2. The molecule has 0 saturated carbocycles. The number of rotatable bonds is 6. The number of hydrogen-bond acceptors (Lipinski definition) is 4. The van der Waals surface area contributed by atoms with Crippen molar-refractivity contribution in [3.8, 4) is 17.2 Å². The summed E-state index contributed by atoms with van der Waals surface area (Å²) in [5, 5.41) is 1.11. The third kappa shape index (κ3) is 4.55. The standard InChI is InChI=1S/C25H20Cl2O4/c1-3-29-21-7-5-4-6-16(21)11-23-25(28)24-15(2)10-19(13-22(24)31-23)30-14-17-8-9-18(26)12-20(17)27/h4-13H,3,14H2,1-2H3/b23-11-. The Bertz CT molecular complexity index is 1180. The van der Waals surface area contributed by atoms with Crippen LogP contribution < -0.4 is 14.2 Å². The van der Waals surface area contributed by atoms with Gasteiger partial charge in [-0.05, 0) is 49.8 Å². The molecule has 1 aliphatic rings. The number of Topliss-reactive ketones (excluding diaryl/α,β-unsaturated/α-hetero) is 1. The van der Waals surface area contributed by atoms with E-state index in [1.807, 2.05) is 50.2 Å². The average Bonchev–Trinajstić information content (AvgIpc) is 3.04. The van der Waals surface area contributed by atoms with Crippen LogP contribution in [0.4, 0.5) is 0 Å². The van der Waals surface area contributed by atoms with Crippen LogP contribution in [0.2, 0.25) is 10.0 Å². The van der Waals surface area contributed by atoms with Crippen molar-refractivity contribution in [3.05, 3.63) is 92.7 Å². The summed E-state index contributed by atoms with van der Waals surface area (Å²) in [5.74, 6) is 1.85. The molecule has 6 heteroatoms.